The Morgan fingerprint density at radius 3 is 2.53 bits per heavy atom. The van der Waals surface area contributed by atoms with E-state index in [9.17, 15) is 5.21 Å². The Morgan fingerprint density at radius 2 is 1.76 bits per heavy atom. The SMILES string of the molecule is Cc1nc(Nc2ccc(OCc3c(-c4ccccc4)no[n+]3[O-])cc2)c2cnn(-c3ccc(Br)cc3)c2n1. The Balaban J connectivity index is 1.20. The van der Waals surface area contributed by atoms with Gasteiger partial charge in [-0.25, -0.2) is 14.6 Å². The summed E-state index contributed by atoms with van der Waals surface area (Å²) in [6.45, 7) is 1.85. The fourth-order valence-corrected chi connectivity index (χ4v) is 4.27. The van der Waals surface area contributed by atoms with Crippen LogP contribution >= 0.6 is 15.9 Å². The molecule has 6 rings (SSSR count). The highest BCUT2D eigenvalue weighted by Gasteiger charge is 2.21. The molecule has 38 heavy (non-hydrogen) atoms. The molecule has 0 amide bonds. The van der Waals surface area contributed by atoms with Gasteiger partial charge in [-0.15, -0.1) is 0 Å². The summed E-state index contributed by atoms with van der Waals surface area (Å²) in [5.41, 5.74) is 3.93. The molecule has 1 N–H and O–H groups in total. The smallest absolute Gasteiger partial charge is 0.255 e. The van der Waals surface area contributed by atoms with E-state index < -0.39 is 0 Å². The van der Waals surface area contributed by atoms with Crippen molar-refractivity contribution in [3.8, 4) is 22.7 Å². The second kappa shape index (κ2) is 9.94. The number of halogens is 1. The molecule has 0 spiro atoms. The van der Waals surface area contributed by atoms with Gasteiger partial charge in [0, 0.05) is 20.9 Å². The van der Waals surface area contributed by atoms with Crippen molar-refractivity contribution in [2.24, 2.45) is 0 Å². The van der Waals surface area contributed by atoms with Gasteiger partial charge in [-0.05, 0) is 60.4 Å². The van der Waals surface area contributed by atoms with E-state index in [-0.39, 0.29) is 6.61 Å². The average molecular weight is 570 g/mol. The van der Waals surface area contributed by atoms with Gasteiger partial charge in [-0.2, -0.15) is 5.10 Å². The Kier molecular flexibility index (Phi) is 6.18. The summed E-state index contributed by atoms with van der Waals surface area (Å²) < 4.78 is 13.4. The number of nitrogens with zero attached hydrogens (tertiary/aromatic N) is 6. The molecule has 0 radical (unpaired) electrons. The van der Waals surface area contributed by atoms with Crippen LogP contribution in [0.15, 0.2) is 94.2 Å². The van der Waals surface area contributed by atoms with Crippen LogP contribution in [0.1, 0.15) is 11.5 Å². The molecule has 0 aliphatic rings. The van der Waals surface area contributed by atoms with E-state index in [2.05, 4.69) is 41.5 Å². The van der Waals surface area contributed by atoms with E-state index in [0.717, 1.165) is 26.8 Å². The molecule has 6 aromatic rings. The lowest BCUT2D eigenvalue weighted by atomic mass is 10.1. The van der Waals surface area contributed by atoms with E-state index >= 15 is 0 Å². The number of aryl methyl sites for hydroxylation is 1. The van der Waals surface area contributed by atoms with Crippen molar-refractivity contribution in [2.45, 2.75) is 13.5 Å². The van der Waals surface area contributed by atoms with Crippen molar-refractivity contribution in [1.82, 2.24) is 24.9 Å². The first-order chi connectivity index (χ1) is 18.5. The minimum absolute atomic E-state index is 0.00493. The van der Waals surface area contributed by atoms with Crippen LogP contribution < -0.4 is 15.0 Å². The summed E-state index contributed by atoms with van der Waals surface area (Å²) in [7, 11) is 0. The first-order valence-corrected chi connectivity index (χ1v) is 12.5. The standard InChI is InChI=1S/C27H20BrN7O3/c1-17-30-26(23-15-29-34(27(23)31-17)21-11-7-19(28)8-12-21)32-20-9-13-22(14-10-20)37-16-24-25(33-38-35(24)36)18-5-3-2-4-6-18/h2-15H,16H2,1H3,(H,30,31,32). The first-order valence-electron chi connectivity index (χ1n) is 11.7. The molecular formula is C27H20BrN7O3. The van der Waals surface area contributed by atoms with Crippen molar-refractivity contribution in [3.05, 3.63) is 106 Å². The zero-order chi connectivity index (χ0) is 26.1. The van der Waals surface area contributed by atoms with Crippen LogP contribution in [0.4, 0.5) is 11.5 Å². The lowest BCUT2D eigenvalue weighted by Crippen LogP contribution is -2.29. The third-order valence-corrected chi connectivity index (χ3v) is 6.38. The van der Waals surface area contributed by atoms with Crippen LogP contribution in [0, 0.1) is 12.1 Å². The summed E-state index contributed by atoms with van der Waals surface area (Å²) >= 11 is 3.46. The van der Waals surface area contributed by atoms with Crippen LogP contribution in [-0.4, -0.2) is 24.9 Å². The van der Waals surface area contributed by atoms with E-state index in [1.54, 1.807) is 10.9 Å². The zero-order valence-corrected chi connectivity index (χ0v) is 21.7. The molecule has 0 aliphatic heterocycles. The van der Waals surface area contributed by atoms with Gasteiger partial charge < -0.3 is 15.3 Å². The third-order valence-electron chi connectivity index (χ3n) is 5.85. The Labute approximate surface area is 225 Å². The number of nitrogens with one attached hydrogen (secondary N) is 1. The fourth-order valence-electron chi connectivity index (χ4n) is 4.01. The van der Waals surface area contributed by atoms with Gasteiger partial charge in [0.2, 0.25) is 5.69 Å². The number of anilines is 2. The highest BCUT2D eigenvalue weighted by molar-refractivity contribution is 9.10. The highest BCUT2D eigenvalue weighted by atomic mass is 79.9. The van der Waals surface area contributed by atoms with Crippen LogP contribution in [-0.2, 0) is 6.61 Å². The van der Waals surface area contributed by atoms with Crippen LogP contribution in [0.5, 0.6) is 5.75 Å². The molecule has 0 unspecified atom stereocenters. The van der Waals surface area contributed by atoms with E-state index in [1.165, 1.54) is 0 Å². The minimum Gasteiger partial charge on any atom is -0.485 e. The largest absolute Gasteiger partial charge is 0.485 e. The summed E-state index contributed by atoms with van der Waals surface area (Å²) in [6, 6.07) is 24.6. The van der Waals surface area contributed by atoms with Gasteiger partial charge in [0.15, 0.2) is 12.3 Å². The molecule has 0 aliphatic carbocycles. The molecule has 0 fully saturated rings. The molecule has 11 heteroatoms. The predicted octanol–water partition coefficient (Wildman–Crippen LogP) is 5.50. The molecule has 0 atom stereocenters. The summed E-state index contributed by atoms with van der Waals surface area (Å²) in [5.74, 6) is 1.85. The van der Waals surface area contributed by atoms with Gasteiger partial charge in [0.05, 0.1) is 17.3 Å². The maximum Gasteiger partial charge on any atom is 0.255 e. The van der Waals surface area contributed by atoms with Crippen molar-refractivity contribution in [3.63, 3.8) is 0 Å². The number of rotatable bonds is 7. The number of benzene rings is 3. The molecular weight excluding hydrogens is 550 g/mol. The van der Waals surface area contributed by atoms with E-state index in [4.69, 9.17) is 9.37 Å². The van der Waals surface area contributed by atoms with Gasteiger partial charge in [-0.1, -0.05) is 46.3 Å². The Hall–Kier alpha value is -4.77. The molecule has 3 aromatic carbocycles. The van der Waals surface area contributed by atoms with Gasteiger partial charge in [0.25, 0.3) is 5.69 Å². The number of fused-ring (bicyclic) bond motifs is 1. The quantitative estimate of drug-likeness (QED) is 0.250. The van der Waals surface area contributed by atoms with Crippen LogP contribution in [0.3, 0.4) is 0 Å². The second-order valence-electron chi connectivity index (χ2n) is 8.42. The third kappa shape index (κ3) is 4.66. The summed E-state index contributed by atoms with van der Waals surface area (Å²) in [6.07, 6.45) is 1.75. The average Bonchev–Trinajstić information content (AvgIpc) is 3.52. The van der Waals surface area contributed by atoms with Crippen LogP contribution in [0.2, 0.25) is 0 Å². The molecule has 3 aromatic heterocycles. The lowest BCUT2D eigenvalue weighted by Gasteiger charge is -2.10. The van der Waals surface area contributed by atoms with Crippen LogP contribution in [0.25, 0.3) is 28.0 Å². The monoisotopic (exact) mass is 569 g/mol. The first kappa shape index (κ1) is 23.6. The second-order valence-corrected chi connectivity index (χ2v) is 9.33. The van der Waals surface area contributed by atoms with Crippen molar-refractivity contribution in [1.29, 1.82) is 0 Å². The highest BCUT2D eigenvalue weighted by Crippen LogP contribution is 2.27. The normalized spacial score (nSPS) is 11.1. The number of hydrogen-bond donors (Lipinski definition) is 1. The maximum atomic E-state index is 12.1. The Morgan fingerprint density at radius 1 is 1.00 bits per heavy atom. The van der Waals surface area contributed by atoms with Gasteiger partial charge in [0.1, 0.15) is 17.4 Å². The maximum absolute atomic E-state index is 12.1. The molecule has 10 nitrogen and oxygen atoms in total. The number of ether oxygens (including phenoxy) is 1. The number of aromatic nitrogens is 6. The molecule has 188 valence electrons. The fraction of sp³-hybridized carbons (Fsp3) is 0.0741. The van der Waals surface area contributed by atoms with Crippen molar-refractivity contribution >= 4 is 38.5 Å². The molecule has 3 heterocycles. The molecule has 0 bridgehead atoms. The minimum atomic E-state index is 0.00493. The van der Waals surface area contributed by atoms with E-state index in [0.29, 0.717) is 39.3 Å². The zero-order valence-electron chi connectivity index (χ0n) is 20.1. The van der Waals surface area contributed by atoms with Gasteiger partial charge in [-0.3, -0.25) is 4.63 Å². The van der Waals surface area contributed by atoms with Gasteiger partial charge >= 0.3 is 0 Å². The predicted molar refractivity (Wildman–Crippen MR) is 144 cm³/mol. The summed E-state index contributed by atoms with van der Waals surface area (Å²) in [4.78, 5) is 9.57. The topological polar surface area (TPSA) is 118 Å². The van der Waals surface area contributed by atoms with E-state index in [1.807, 2.05) is 85.8 Å². The van der Waals surface area contributed by atoms with Crippen molar-refractivity contribution in [2.75, 3.05) is 5.32 Å². The lowest BCUT2D eigenvalue weighted by molar-refractivity contribution is -0.808. The summed E-state index contributed by atoms with van der Waals surface area (Å²) in [5, 5.41) is 24.7. The number of hydrogen-bond acceptors (Lipinski definition) is 8. The van der Waals surface area contributed by atoms with Crippen molar-refractivity contribution < 1.29 is 14.3 Å². The molecule has 0 saturated heterocycles. The molecule has 0 saturated carbocycles. The Bertz CT molecular complexity index is 1720.